The van der Waals surface area contributed by atoms with E-state index in [9.17, 15) is 19.5 Å². The zero-order valence-corrected chi connectivity index (χ0v) is 24.2. The highest BCUT2D eigenvalue weighted by Crippen LogP contribution is 2.43. The average molecular weight is 538 g/mol. The Labute approximate surface area is 232 Å². The summed E-state index contributed by atoms with van der Waals surface area (Å²) in [5, 5.41) is 16.8. The lowest BCUT2D eigenvalue weighted by Crippen LogP contribution is -2.56. The van der Waals surface area contributed by atoms with Gasteiger partial charge in [-0.25, -0.2) is 4.79 Å². The van der Waals surface area contributed by atoms with Crippen LogP contribution < -0.4 is 10.6 Å². The second-order valence-corrected chi connectivity index (χ2v) is 11.7. The minimum atomic E-state index is -1.08. The average Bonchev–Trinajstić information content (AvgIpc) is 3.60. The summed E-state index contributed by atoms with van der Waals surface area (Å²) in [5.41, 5.74) is 1.15. The van der Waals surface area contributed by atoms with Gasteiger partial charge < -0.3 is 25.4 Å². The van der Waals surface area contributed by atoms with Crippen LogP contribution in [0.4, 0.5) is 4.79 Å². The Morgan fingerprint density at radius 2 is 1.74 bits per heavy atom. The zero-order valence-electron chi connectivity index (χ0n) is 24.2. The number of alkyl carbamates (subject to hydrolysis) is 1. The van der Waals surface area contributed by atoms with Crippen molar-refractivity contribution in [3.05, 3.63) is 65.2 Å². The summed E-state index contributed by atoms with van der Waals surface area (Å²) < 4.78 is 5.46. The molecule has 2 aromatic rings. The maximum Gasteiger partial charge on any atom is 0.408 e. The van der Waals surface area contributed by atoms with Crippen LogP contribution >= 0.6 is 0 Å². The number of para-hydroxylation sites is 1. The van der Waals surface area contributed by atoms with Gasteiger partial charge in [0.15, 0.2) is 0 Å². The van der Waals surface area contributed by atoms with Crippen LogP contribution in [0.3, 0.4) is 0 Å². The van der Waals surface area contributed by atoms with E-state index in [-0.39, 0.29) is 36.1 Å². The molecule has 1 fully saturated rings. The number of nitrogens with zero attached hydrogens (tertiary/aromatic N) is 1. The molecule has 0 aromatic heterocycles. The topological polar surface area (TPSA) is 108 Å². The molecule has 212 valence electrons. The largest absolute Gasteiger partial charge is 0.507 e. The molecule has 1 aliphatic rings. The van der Waals surface area contributed by atoms with Crippen LogP contribution in [0.1, 0.15) is 77.1 Å². The number of amides is 3. The minimum absolute atomic E-state index is 0.0244. The summed E-state index contributed by atoms with van der Waals surface area (Å²) in [4.78, 5) is 42.6. The van der Waals surface area contributed by atoms with Gasteiger partial charge >= 0.3 is 6.09 Å². The number of hydrogen-bond donors (Lipinski definition) is 3. The first-order chi connectivity index (χ1) is 18.3. The number of aryl methyl sites for hydroxylation is 1. The normalized spacial score (nSPS) is 18.8. The molecular weight excluding hydrogens is 494 g/mol. The van der Waals surface area contributed by atoms with E-state index in [0.717, 1.165) is 12.0 Å². The van der Waals surface area contributed by atoms with Gasteiger partial charge in [0.1, 0.15) is 23.4 Å². The lowest BCUT2D eigenvalue weighted by Gasteiger charge is -2.36. The van der Waals surface area contributed by atoms with Gasteiger partial charge in [-0.1, -0.05) is 75.7 Å². The molecule has 39 heavy (non-hydrogen) atoms. The molecular formula is C31H43N3O5. The number of phenolic OH excluding ortho intramolecular Hbond substituents is 1. The van der Waals surface area contributed by atoms with Crippen LogP contribution in [0.15, 0.2) is 48.5 Å². The predicted molar refractivity (Wildman–Crippen MR) is 151 cm³/mol. The van der Waals surface area contributed by atoms with E-state index >= 15 is 0 Å². The summed E-state index contributed by atoms with van der Waals surface area (Å²) >= 11 is 0. The molecule has 3 N–H and O–H groups in total. The summed E-state index contributed by atoms with van der Waals surface area (Å²) in [7, 11) is 0. The van der Waals surface area contributed by atoms with E-state index in [4.69, 9.17) is 4.74 Å². The second-order valence-electron chi connectivity index (χ2n) is 11.7. The summed E-state index contributed by atoms with van der Waals surface area (Å²) in [6.45, 7) is 13.2. The van der Waals surface area contributed by atoms with Crippen molar-refractivity contribution in [1.29, 1.82) is 0 Å². The summed E-state index contributed by atoms with van der Waals surface area (Å²) in [6, 6.07) is 12.5. The minimum Gasteiger partial charge on any atom is -0.507 e. The third-order valence-corrected chi connectivity index (χ3v) is 7.23. The third-order valence-electron chi connectivity index (χ3n) is 7.23. The molecule has 1 saturated carbocycles. The molecule has 0 spiro atoms. The van der Waals surface area contributed by atoms with Crippen molar-refractivity contribution in [2.45, 2.75) is 91.6 Å². The van der Waals surface area contributed by atoms with E-state index in [2.05, 4.69) is 10.6 Å². The van der Waals surface area contributed by atoms with Crippen LogP contribution in [0, 0.1) is 18.8 Å². The van der Waals surface area contributed by atoms with E-state index in [0.29, 0.717) is 17.5 Å². The Bertz CT molecular complexity index is 1160. The van der Waals surface area contributed by atoms with E-state index in [1.165, 1.54) is 0 Å². The third kappa shape index (κ3) is 7.74. The van der Waals surface area contributed by atoms with Gasteiger partial charge in [0.2, 0.25) is 11.8 Å². The van der Waals surface area contributed by atoms with Crippen molar-refractivity contribution < 1.29 is 24.2 Å². The lowest BCUT2D eigenvalue weighted by molar-refractivity contribution is -0.144. The molecule has 5 unspecified atom stereocenters. The van der Waals surface area contributed by atoms with Gasteiger partial charge in [0, 0.05) is 18.2 Å². The Balaban J connectivity index is 2.03. The SMILES string of the molecule is CCC(C)C(NC(=O)OC(C)(C)C)C(=O)N(C(C(=O)NCc1ccccc1)c1cccc(C)c1O)C1CC1C. The van der Waals surface area contributed by atoms with E-state index in [1.807, 2.05) is 51.1 Å². The van der Waals surface area contributed by atoms with Crippen molar-refractivity contribution in [3.63, 3.8) is 0 Å². The first kappa shape index (κ1) is 30.0. The quantitative estimate of drug-likeness (QED) is 0.384. The molecule has 0 saturated heterocycles. The molecule has 3 rings (SSSR count). The van der Waals surface area contributed by atoms with Crippen LogP contribution in [0.5, 0.6) is 5.75 Å². The fourth-order valence-electron chi connectivity index (χ4n) is 4.65. The maximum atomic E-state index is 14.4. The second kappa shape index (κ2) is 12.5. The maximum absolute atomic E-state index is 14.4. The molecule has 0 radical (unpaired) electrons. The van der Waals surface area contributed by atoms with Crippen molar-refractivity contribution in [2.24, 2.45) is 11.8 Å². The van der Waals surface area contributed by atoms with Gasteiger partial charge in [0.25, 0.3) is 0 Å². The number of carbonyl (C=O) groups excluding carboxylic acids is 3. The van der Waals surface area contributed by atoms with Gasteiger partial charge in [-0.15, -0.1) is 0 Å². The van der Waals surface area contributed by atoms with E-state index < -0.39 is 29.7 Å². The number of rotatable bonds is 10. The van der Waals surface area contributed by atoms with Crippen molar-refractivity contribution in [3.8, 4) is 5.75 Å². The van der Waals surface area contributed by atoms with Crippen molar-refractivity contribution in [2.75, 3.05) is 0 Å². The highest BCUT2D eigenvalue weighted by Gasteiger charge is 2.49. The Morgan fingerprint density at radius 1 is 1.10 bits per heavy atom. The van der Waals surface area contributed by atoms with Crippen molar-refractivity contribution in [1.82, 2.24) is 15.5 Å². The molecule has 2 aromatic carbocycles. The van der Waals surface area contributed by atoms with Gasteiger partial charge in [-0.05, 0) is 57.1 Å². The Kier molecular flexibility index (Phi) is 9.64. The summed E-state index contributed by atoms with van der Waals surface area (Å²) in [5.74, 6) is -0.841. The molecule has 8 nitrogen and oxygen atoms in total. The summed E-state index contributed by atoms with van der Waals surface area (Å²) in [6.07, 6.45) is 0.662. The molecule has 3 amide bonds. The first-order valence-corrected chi connectivity index (χ1v) is 13.8. The number of aromatic hydroxyl groups is 1. The number of ether oxygens (including phenoxy) is 1. The first-order valence-electron chi connectivity index (χ1n) is 13.8. The van der Waals surface area contributed by atoms with Gasteiger partial charge in [-0.2, -0.15) is 0 Å². The highest BCUT2D eigenvalue weighted by molar-refractivity contribution is 5.93. The fraction of sp³-hybridized carbons (Fsp3) is 0.516. The molecule has 0 bridgehead atoms. The number of phenols is 1. The predicted octanol–water partition coefficient (Wildman–Crippen LogP) is 5.23. The van der Waals surface area contributed by atoms with E-state index in [1.54, 1.807) is 50.8 Å². The number of benzene rings is 2. The smallest absolute Gasteiger partial charge is 0.408 e. The van der Waals surface area contributed by atoms with Crippen molar-refractivity contribution >= 4 is 17.9 Å². The Morgan fingerprint density at radius 3 is 2.31 bits per heavy atom. The molecule has 0 aliphatic heterocycles. The van der Waals surface area contributed by atoms with Crippen LogP contribution in [0.2, 0.25) is 0 Å². The van der Waals surface area contributed by atoms with Gasteiger partial charge in [-0.3, -0.25) is 9.59 Å². The molecule has 8 heteroatoms. The number of carbonyl (C=O) groups is 3. The lowest BCUT2D eigenvalue weighted by atomic mass is 9.94. The monoisotopic (exact) mass is 537 g/mol. The van der Waals surface area contributed by atoms with Gasteiger partial charge in [0.05, 0.1) is 0 Å². The number of nitrogens with one attached hydrogen (secondary N) is 2. The Hall–Kier alpha value is -3.55. The number of hydrogen-bond acceptors (Lipinski definition) is 5. The standard InChI is InChI=1S/C31H43N3O5/c1-8-19(2)25(33-30(38)39-31(5,6)7)29(37)34(24-17-21(24)4)26(23-16-12-13-20(3)27(23)35)28(36)32-18-22-14-10-9-11-15-22/h9-16,19,21,24-26,35H,8,17-18H2,1-7H3,(H,32,36)(H,33,38). The molecule has 5 atom stereocenters. The highest BCUT2D eigenvalue weighted by atomic mass is 16.6. The molecule has 1 aliphatic carbocycles. The fourth-order valence-corrected chi connectivity index (χ4v) is 4.65. The van der Waals surface area contributed by atoms with Crippen LogP contribution in [0.25, 0.3) is 0 Å². The van der Waals surface area contributed by atoms with Crippen LogP contribution in [-0.2, 0) is 20.9 Å². The van der Waals surface area contributed by atoms with Crippen LogP contribution in [-0.4, -0.2) is 45.6 Å². The zero-order chi connectivity index (χ0) is 28.9. The molecule has 0 heterocycles.